The van der Waals surface area contributed by atoms with Gasteiger partial charge in [0.25, 0.3) is 0 Å². The summed E-state index contributed by atoms with van der Waals surface area (Å²) in [6, 6.07) is 2.86. The highest BCUT2D eigenvalue weighted by Crippen LogP contribution is 2.29. The van der Waals surface area contributed by atoms with Crippen LogP contribution in [0.1, 0.15) is 43.6 Å². The highest BCUT2D eigenvalue weighted by molar-refractivity contribution is 5.23. The highest BCUT2D eigenvalue weighted by atomic mass is 19.1. The Hall–Kier alpha value is -2.31. The molecule has 4 nitrogen and oxygen atoms in total. The summed E-state index contributed by atoms with van der Waals surface area (Å²) in [6.07, 6.45) is 3.99. The minimum atomic E-state index is -0.667. The molecule has 1 atom stereocenters. The average Bonchev–Trinajstić information content (AvgIpc) is 2.89. The van der Waals surface area contributed by atoms with Crippen molar-refractivity contribution in [3.05, 3.63) is 64.4 Å². The van der Waals surface area contributed by atoms with Crippen LogP contribution in [0, 0.1) is 11.6 Å². The van der Waals surface area contributed by atoms with Gasteiger partial charge in [0.2, 0.25) is 0 Å². The molecule has 0 bridgehead atoms. The number of hydrogen-bond acceptors (Lipinski definition) is 2. The normalized spacial score (nSPS) is 15.9. The van der Waals surface area contributed by atoms with Crippen molar-refractivity contribution < 1.29 is 13.2 Å². The molecule has 1 unspecified atom stereocenters. The molecule has 2 aromatic rings. The van der Waals surface area contributed by atoms with E-state index in [2.05, 4.69) is 11.7 Å². The molecule has 1 aliphatic rings. The van der Waals surface area contributed by atoms with Crippen LogP contribution >= 0.6 is 0 Å². The third-order valence-electron chi connectivity index (χ3n) is 3.90. The van der Waals surface area contributed by atoms with Gasteiger partial charge >= 0.3 is 5.69 Å². The van der Waals surface area contributed by atoms with Crippen LogP contribution in [-0.2, 0) is 13.0 Å². The van der Waals surface area contributed by atoms with Crippen LogP contribution in [0.25, 0.3) is 0 Å². The molecule has 0 N–H and O–H groups in total. The van der Waals surface area contributed by atoms with Crippen molar-refractivity contribution in [2.75, 3.05) is 6.67 Å². The van der Waals surface area contributed by atoms with Crippen LogP contribution in [0.4, 0.5) is 13.2 Å². The van der Waals surface area contributed by atoms with Gasteiger partial charge in [0, 0.05) is 19.0 Å². The van der Waals surface area contributed by atoms with Gasteiger partial charge in [0.15, 0.2) is 0 Å². The van der Waals surface area contributed by atoms with E-state index in [0.717, 1.165) is 12.5 Å². The van der Waals surface area contributed by atoms with Gasteiger partial charge in [0.05, 0.1) is 12.7 Å². The number of fused-ring (bicyclic) bond motifs is 1. The second kappa shape index (κ2) is 8.69. The number of allylic oxidation sites excluding steroid dienone is 1. The molecule has 0 amide bonds. The Morgan fingerprint density at radius 3 is 2.56 bits per heavy atom. The maximum absolute atomic E-state index is 13.4. The molecular weight excluding hydrogens is 331 g/mol. The zero-order valence-electron chi connectivity index (χ0n) is 14.2. The van der Waals surface area contributed by atoms with E-state index in [1.54, 1.807) is 6.08 Å². The Morgan fingerprint density at radius 1 is 1.32 bits per heavy atom. The molecule has 0 aliphatic carbocycles. The smallest absolute Gasteiger partial charge is 0.271 e. The van der Waals surface area contributed by atoms with Crippen LogP contribution < -0.4 is 5.69 Å². The fraction of sp³-hybridized carbons (Fsp3) is 0.444. The first kappa shape index (κ1) is 19.0. The lowest BCUT2D eigenvalue weighted by atomic mass is 9.97. The molecule has 2 heterocycles. The first-order valence-corrected chi connectivity index (χ1v) is 8.29. The summed E-state index contributed by atoms with van der Waals surface area (Å²) in [6.45, 7) is 4.94. The predicted octanol–water partition coefficient (Wildman–Crippen LogP) is 3.80. The van der Waals surface area contributed by atoms with Crippen molar-refractivity contribution in [1.82, 2.24) is 14.3 Å². The number of aryl methyl sites for hydroxylation is 2. The van der Waals surface area contributed by atoms with Crippen LogP contribution in [-0.4, -0.2) is 21.0 Å². The van der Waals surface area contributed by atoms with E-state index in [1.807, 2.05) is 6.92 Å². The average molecular weight is 353 g/mol. The van der Waals surface area contributed by atoms with Gasteiger partial charge in [-0.15, -0.1) is 6.58 Å². The van der Waals surface area contributed by atoms with Crippen LogP contribution in [0.2, 0.25) is 0 Å². The lowest BCUT2D eigenvalue weighted by Crippen LogP contribution is -2.31. The van der Waals surface area contributed by atoms with Gasteiger partial charge < -0.3 is 0 Å². The number of nitrogens with zero attached hydrogens (tertiary/aromatic N) is 3. The van der Waals surface area contributed by atoms with Gasteiger partial charge in [0.1, 0.15) is 17.5 Å². The summed E-state index contributed by atoms with van der Waals surface area (Å²) >= 11 is 0. The number of hydrogen-bond donors (Lipinski definition) is 0. The Bertz CT molecular complexity index is 762. The van der Waals surface area contributed by atoms with Crippen molar-refractivity contribution in [2.24, 2.45) is 0 Å². The topological polar surface area (TPSA) is 39.8 Å². The summed E-state index contributed by atoms with van der Waals surface area (Å²) in [5.74, 6) is -0.746. The SMILES string of the molecule is C=CC.O=c1n(CCCF)nc2n1C(c1cc(F)cc(F)c1)CCC2. The van der Waals surface area contributed by atoms with Gasteiger partial charge in [-0.2, -0.15) is 5.10 Å². The summed E-state index contributed by atoms with van der Waals surface area (Å²) in [5, 5.41) is 4.22. The Balaban J connectivity index is 0.000000701. The minimum Gasteiger partial charge on any atom is -0.271 e. The molecule has 1 aromatic carbocycles. The summed E-state index contributed by atoms with van der Waals surface area (Å²) in [7, 11) is 0. The first-order valence-electron chi connectivity index (χ1n) is 8.29. The van der Waals surface area contributed by atoms with E-state index in [-0.39, 0.29) is 18.7 Å². The molecule has 0 saturated heterocycles. The fourth-order valence-electron chi connectivity index (χ4n) is 2.97. The van der Waals surface area contributed by atoms with Gasteiger partial charge in [-0.1, -0.05) is 6.08 Å². The van der Waals surface area contributed by atoms with E-state index in [0.29, 0.717) is 24.2 Å². The zero-order chi connectivity index (χ0) is 18.4. The number of benzene rings is 1. The van der Waals surface area contributed by atoms with E-state index >= 15 is 0 Å². The Morgan fingerprint density at radius 2 is 1.96 bits per heavy atom. The molecule has 7 heteroatoms. The third-order valence-corrected chi connectivity index (χ3v) is 3.90. The number of rotatable bonds is 4. The van der Waals surface area contributed by atoms with Crippen LogP contribution in [0.3, 0.4) is 0 Å². The molecule has 0 spiro atoms. The van der Waals surface area contributed by atoms with Gasteiger partial charge in [-0.3, -0.25) is 8.96 Å². The molecule has 3 rings (SSSR count). The van der Waals surface area contributed by atoms with Crippen molar-refractivity contribution in [1.29, 1.82) is 0 Å². The van der Waals surface area contributed by atoms with Crippen molar-refractivity contribution in [3.8, 4) is 0 Å². The molecule has 0 fully saturated rings. The third kappa shape index (κ3) is 4.41. The van der Waals surface area contributed by atoms with Crippen molar-refractivity contribution in [2.45, 2.75) is 45.2 Å². The summed E-state index contributed by atoms with van der Waals surface area (Å²) in [5.41, 5.74) is 0.0726. The maximum atomic E-state index is 13.4. The Kier molecular flexibility index (Phi) is 6.61. The predicted molar refractivity (Wildman–Crippen MR) is 90.4 cm³/mol. The quantitative estimate of drug-likeness (QED) is 0.785. The van der Waals surface area contributed by atoms with E-state index in [4.69, 9.17) is 0 Å². The second-order valence-electron chi connectivity index (χ2n) is 5.85. The molecule has 1 aromatic heterocycles. The summed E-state index contributed by atoms with van der Waals surface area (Å²) < 4.78 is 41.9. The molecular formula is C18H22F3N3O. The molecule has 136 valence electrons. The lowest BCUT2D eigenvalue weighted by Gasteiger charge is -2.24. The zero-order valence-corrected chi connectivity index (χ0v) is 14.2. The molecule has 0 radical (unpaired) electrons. The van der Waals surface area contributed by atoms with Gasteiger partial charge in [-0.05, 0) is 43.9 Å². The molecule has 1 aliphatic heterocycles. The van der Waals surface area contributed by atoms with E-state index in [1.165, 1.54) is 21.4 Å². The maximum Gasteiger partial charge on any atom is 0.346 e. The fourth-order valence-corrected chi connectivity index (χ4v) is 2.97. The van der Waals surface area contributed by atoms with Crippen LogP contribution in [0.5, 0.6) is 0 Å². The summed E-state index contributed by atoms with van der Waals surface area (Å²) in [4.78, 5) is 12.4. The van der Waals surface area contributed by atoms with Crippen molar-refractivity contribution in [3.63, 3.8) is 0 Å². The monoisotopic (exact) mass is 353 g/mol. The standard InChI is InChI=1S/C15H16F3N3O.C3H6/c16-5-2-6-20-15(22)21-13(3-1-4-14(21)19-20)10-7-11(17)9-12(18)8-10;1-3-2/h7-9,13H,1-6H2;3H,1H2,2H3. The van der Waals surface area contributed by atoms with Gasteiger partial charge in [-0.25, -0.2) is 18.3 Å². The van der Waals surface area contributed by atoms with Crippen molar-refractivity contribution >= 4 is 0 Å². The number of aromatic nitrogens is 3. The van der Waals surface area contributed by atoms with E-state index in [9.17, 15) is 18.0 Å². The largest absolute Gasteiger partial charge is 0.346 e. The second-order valence-corrected chi connectivity index (χ2v) is 5.85. The Labute approximate surface area is 144 Å². The number of halogens is 3. The first-order chi connectivity index (χ1) is 12.0. The molecule has 25 heavy (non-hydrogen) atoms. The lowest BCUT2D eigenvalue weighted by molar-refractivity contribution is 0.422. The molecule has 0 saturated carbocycles. The van der Waals surface area contributed by atoms with Crippen LogP contribution in [0.15, 0.2) is 35.6 Å². The van der Waals surface area contributed by atoms with E-state index < -0.39 is 24.4 Å². The number of alkyl halides is 1. The minimum absolute atomic E-state index is 0.208. The highest BCUT2D eigenvalue weighted by Gasteiger charge is 2.27.